The van der Waals surface area contributed by atoms with Gasteiger partial charge in [-0.3, -0.25) is 0 Å². The second-order valence-corrected chi connectivity index (χ2v) is 6.28. The van der Waals surface area contributed by atoms with Crippen molar-refractivity contribution in [3.8, 4) is 11.5 Å². The van der Waals surface area contributed by atoms with Crippen molar-refractivity contribution in [3.63, 3.8) is 0 Å². The van der Waals surface area contributed by atoms with Crippen molar-refractivity contribution in [1.29, 1.82) is 0 Å². The molecule has 0 aromatic heterocycles. The van der Waals surface area contributed by atoms with Crippen LogP contribution in [0.1, 0.15) is 5.56 Å². The van der Waals surface area contributed by atoms with E-state index in [2.05, 4.69) is 13.1 Å². The lowest BCUT2D eigenvalue weighted by Crippen LogP contribution is -2.10. The lowest BCUT2D eigenvalue weighted by Gasteiger charge is -2.11. The molecule has 1 aromatic carbocycles. The van der Waals surface area contributed by atoms with Gasteiger partial charge in [-0.05, 0) is 43.3 Å². The molecule has 0 amide bonds. The highest BCUT2D eigenvalue weighted by molar-refractivity contribution is 6.48. The lowest BCUT2D eigenvalue weighted by molar-refractivity contribution is 0.326. The van der Waals surface area contributed by atoms with Crippen LogP contribution in [0, 0.1) is 0 Å². The van der Waals surface area contributed by atoms with Crippen molar-refractivity contribution in [3.05, 3.63) is 23.8 Å². The summed E-state index contributed by atoms with van der Waals surface area (Å²) >= 11 is 0. The minimum absolute atomic E-state index is 0.757. The largest absolute Gasteiger partial charge is 0.497 e. The molecule has 0 spiro atoms. The molecule has 4 heteroatoms. The summed E-state index contributed by atoms with van der Waals surface area (Å²) in [7, 11) is 2.43. The summed E-state index contributed by atoms with van der Waals surface area (Å²) in [5.74, 6) is 1.76. The van der Waals surface area contributed by atoms with Gasteiger partial charge in [0, 0.05) is 6.61 Å². The van der Waals surface area contributed by atoms with E-state index >= 15 is 0 Å². The molecular weight excluding hydrogens is 220 g/mol. The maximum atomic E-state index is 5.66. The van der Waals surface area contributed by atoms with Gasteiger partial charge in [-0.2, -0.15) is 0 Å². The smallest absolute Gasteiger partial charge is 0.170 e. The second-order valence-electron chi connectivity index (χ2n) is 3.85. The van der Waals surface area contributed by atoms with Crippen molar-refractivity contribution in [2.75, 3.05) is 20.8 Å². The van der Waals surface area contributed by atoms with E-state index in [1.807, 2.05) is 18.2 Å². The van der Waals surface area contributed by atoms with E-state index in [9.17, 15) is 0 Å². The highest BCUT2D eigenvalue weighted by Crippen LogP contribution is 2.24. The fourth-order valence-electron chi connectivity index (χ4n) is 1.48. The van der Waals surface area contributed by atoms with Gasteiger partial charge in [0.2, 0.25) is 0 Å². The maximum absolute atomic E-state index is 5.66. The standard InChI is InChI=1S/C12H20O3Si/c1-13-11-5-6-12(14-2)10(9-11)7-8-15-16(3)4/h5-6,9,16H,7-8H2,1-4H3. The van der Waals surface area contributed by atoms with Gasteiger partial charge >= 0.3 is 0 Å². The third kappa shape index (κ3) is 3.87. The first-order chi connectivity index (χ1) is 7.67. The average Bonchev–Trinajstić information content (AvgIpc) is 2.28. The number of methoxy groups -OCH3 is 2. The maximum Gasteiger partial charge on any atom is 0.170 e. The van der Waals surface area contributed by atoms with E-state index in [1.165, 1.54) is 0 Å². The fourth-order valence-corrected chi connectivity index (χ4v) is 2.07. The Bertz CT molecular complexity index is 326. The topological polar surface area (TPSA) is 27.7 Å². The zero-order chi connectivity index (χ0) is 12.0. The summed E-state index contributed by atoms with van der Waals surface area (Å²) in [6.45, 7) is 5.10. The van der Waals surface area contributed by atoms with Crippen LogP contribution < -0.4 is 9.47 Å². The fraction of sp³-hybridized carbons (Fsp3) is 0.500. The monoisotopic (exact) mass is 240 g/mol. The Hall–Kier alpha value is -1.00. The van der Waals surface area contributed by atoms with Gasteiger partial charge in [-0.25, -0.2) is 0 Å². The number of hydrogen-bond donors (Lipinski definition) is 0. The zero-order valence-corrected chi connectivity index (χ0v) is 11.6. The van der Waals surface area contributed by atoms with Crippen LogP contribution in [0.3, 0.4) is 0 Å². The predicted molar refractivity (Wildman–Crippen MR) is 68.1 cm³/mol. The Kier molecular flexibility index (Phi) is 5.35. The molecule has 0 saturated heterocycles. The van der Waals surface area contributed by atoms with Crippen molar-refractivity contribution in [2.24, 2.45) is 0 Å². The average molecular weight is 240 g/mol. The Balaban J connectivity index is 2.67. The summed E-state index contributed by atoms with van der Waals surface area (Å²) in [6, 6.07) is 5.84. The molecule has 0 unspecified atom stereocenters. The molecule has 1 aromatic rings. The van der Waals surface area contributed by atoms with Gasteiger partial charge in [0.25, 0.3) is 0 Å². The quantitative estimate of drug-likeness (QED) is 0.714. The molecule has 0 heterocycles. The molecule has 3 nitrogen and oxygen atoms in total. The minimum Gasteiger partial charge on any atom is -0.497 e. The second kappa shape index (κ2) is 6.55. The summed E-state index contributed by atoms with van der Waals surface area (Å²) in [5, 5.41) is 0. The number of benzene rings is 1. The van der Waals surface area contributed by atoms with E-state index in [4.69, 9.17) is 13.9 Å². The molecular formula is C12H20O3Si. The Morgan fingerprint density at radius 3 is 2.44 bits per heavy atom. The van der Waals surface area contributed by atoms with Crippen LogP contribution in [-0.4, -0.2) is 29.9 Å². The van der Waals surface area contributed by atoms with Crippen molar-refractivity contribution < 1.29 is 13.9 Å². The van der Waals surface area contributed by atoms with Gasteiger partial charge in [0.15, 0.2) is 9.04 Å². The summed E-state index contributed by atoms with van der Waals surface area (Å²) in [5.41, 5.74) is 1.14. The SMILES string of the molecule is COc1ccc(OC)c(CCO[SiH](C)C)c1. The summed E-state index contributed by atoms with van der Waals surface area (Å²) in [6.07, 6.45) is 0.867. The summed E-state index contributed by atoms with van der Waals surface area (Å²) < 4.78 is 16.2. The van der Waals surface area contributed by atoms with Crippen LogP contribution >= 0.6 is 0 Å². The van der Waals surface area contributed by atoms with E-state index in [-0.39, 0.29) is 0 Å². The van der Waals surface area contributed by atoms with E-state index in [1.54, 1.807) is 14.2 Å². The number of ether oxygens (including phenoxy) is 2. The predicted octanol–water partition coefficient (Wildman–Crippen LogP) is 2.25. The van der Waals surface area contributed by atoms with Gasteiger partial charge in [-0.1, -0.05) is 0 Å². The molecule has 0 N–H and O–H groups in total. The third-order valence-corrected chi connectivity index (χ3v) is 3.21. The van der Waals surface area contributed by atoms with Crippen LogP contribution in [0.2, 0.25) is 13.1 Å². The molecule has 0 saturated carbocycles. The first-order valence-electron chi connectivity index (χ1n) is 5.50. The molecule has 0 bridgehead atoms. The molecule has 0 radical (unpaired) electrons. The van der Waals surface area contributed by atoms with E-state index in [0.29, 0.717) is 0 Å². The van der Waals surface area contributed by atoms with Crippen LogP contribution in [-0.2, 0) is 10.8 Å². The molecule has 0 fully saturated rings. The first kappa shape index (κ1) is 13.1. The Morgan fingerprint density at radius 2 is 1.88 bits per heavy atom. The van der Waals surface area contributed by atoms with Gasteiger partial charge in [0.05, 0.1) is 14.2 Å². The number of hydrogen-bond acceptors (Lipinski definition) is 3. The highest BCUT2D eigenvalue weighted by Gasteiger charge is 2.05. The lowest BCUT2D eigenvalue weighted by atomic mass is 10.1. The van der Waals surface area contributed by atoms with Crippen molar-refractivity contribution in [2.45, 2.75) is 19.5 Å². The van der Waals surface area contributed by atoms with Crippen LogP contribution in [0.5, 0.6) is 11.5 Å². The molecule has 0 aliphatic rings. The third-order valence-electron chi connectivity index (χ3n) is 2.31. The summed E-state index contributed by atoms with van der Waals surface area (Å²) in [4.78, 5) is 0. The van der Waals surface area contributed by atoms with Gasteiger partial charge in [0.1, 0.15) is 11.5 Å². The molecule has 0 aliphatic heterocycles. The van der Waals surface area contributed by atoms with Crippen LogP contribution in [0.15, 0.2) is 18.2 Å². The van der Waals surface area contributed by atoms with Gasteiger partial charge < -0.3 is 13.9 Å². The Labute approximate surface area is 99.1 Å². The molecule has 0 aliphatic carbocycles. The van der Waals surface area contributed by atoms with Crippen LogP contribution in [0.25, 0.3) is 0 Å². The highest BCUT2D eigenvalue weighted by atomic mass is 28.3. The van der Waals surface area contributed by atoms with Gasteiger partial charge in [-0.15, -0.1) is 0 Å². The molecule has 1 rings (SSSR count). The van der Waals surface area contributed by atoms with E-state index in [0.717, 1.165) is 30.1 Å². The van der Waals surface area contributed by atoms with Crippen LogP contribution in [0.4, 0.5) is 0 Å². The van der Waals surface area contributed by atoms with Crippen molar-refractivity contribution >= 4 is 9.04 Å². The molecule has 16 heavy (non-hydrogen) atoms. The number of rotatable bonds is 6. The zero-order valence-electron chi connectivity index (χ0n) is 10.4. The Morgan fingerprint density at radius 1 is 1.12 bits per heavy atom. The van der Waals surface area contributed by atoms with Crippen molar-refractivity contribution in [1.82, 2.24) is 0 Å². The van der Waals surface area contributed by atoms with E-state index < -0.39 is 9.04 Å². The molecule has 90 valence electrons. The molecule has 0 atom stereocenters. The first-order valence-corrected chi connectivity index (χ1v) is 8.28. The minimum atomic E-state index is -0.928. The normalized spacial score (nSPS) is 10.6.